The van der Waals surface area contributed by atoms with Gasteiger partial charge in [-0.05, 0) is 23.7 Å². The molecule has 0 fully saturated rings. The lowest BCUT2D eigenvalue weighted by atomic mass is 10.3. The maximum atomic E-state index is 5.82. The summed E-state index contributed by atoms with van der Waals surface area (Å²) >= 11 is 5.82. The van der Waals surface area contributed by atoms with Gasteiger partial charge in [0.1, 0.15) is 0 Å². The number of halogens is 1. The molecule has 2 rings (SSSR count). The van der Waals surface area contributed by atoms with E-state index in [1.165, 1.54) is 0 Å². The number of rotatable bonds is 5. The van der Waals surface area contributed by atoms with E-state index in [1.54, 1.807) is 7.11 Å². The number of hydrogen-bond acceptors (Lipinski definition) is 6. The zero-order chi connectivity index (χ0) is 13.7. The Labute approximate surface area is 116 Å². The van der Waals surface area contributed by atoms with Crippen molar-refractivity contribution in [2.45, 2.75) is 0 Å². The van der Waals surface area contributed by atoms with Crippen molar-refractivity contribution in [3.8, 4) is 0 Å². The molecule has 0 unspecified atom stereocenters. The highest BCUT2D eigenvalue weighted by molar-refractivity contribution is 6.28. The fraction of sp³-hybridized carbons (Fsp3) is 0.250. The van der Waals surface area contributed by atoms with Gasteiger partial charge >= 0.3 is 0 Å². The number of methoxy groups -OCH3 is 1. The Morgan fingerprint density at radius 1 is 1.21 bits per heavy atom. The zero-order valence-electron chi connectivity index (χ0n) is 10.5. The van der Waals surface area contributed by atoms with Crippen molar-refractivity contribution in [2.75, 3.05) is 30.9 Å². The molecule has 2 N–H and O–H groups in total. The summed E-state index contributed by atoms with van der Waals surface area (Å²) in [5, 5.41) is 0.0702. The second-order valence-corrected chi connectivity index (χ2v) is 4.08. The Morgan fingerprint density at radius 3 is 2.58 bits per heavy atom. The number of hydrogen-bond donors (Lipinski definition) is 1. The quantitative estimate of drug-likeness (QED) is 0.901. The van der Waals surface area contributed by atoms with Gasteiger partial charge in [-0.15, -0.1) is 0 Å². The third kappa shape index (κ3) is 3.52. The van der Waals surface area contributed by atoms with Crippen LogP contribution >= 0.6 is 11.6 Å². The van der Waals surface area contributed by atoms with Crippen LogP contribution in [0.4, 0.5) is 17.6 Å². The predicted molar refractivity (Wildman–Crippen MR) is 74.6 cm³/mol. The van der Waals surface area contributed by atoms with E-state index < -0.39 is 0 Å². The first-order chi connectivity index (χ1) is 9.20. The maximum Gasteiger partial charge on any atom is 0.236 e. The Balaban J connectivity index is 2.36. The van der Waals surface area contributed by atoms with Gasteiger partial charge in [-0.1, -0.05) is 18.2 Å². The van der Waals surface area contributed by atoms with Crippen molar-refractivity contribution >= 4 is 29.2 Å². The normalized spacial score (nSPS) is 10.4. The predicted octanol–water partition coefficient (Wildman–Crippen LogP) is 1.89. The summed E-state index contributed by atoms with van der Waals surface area (Å²) < 4.78 is 5.10. The first kappa shape index (κ1) is 13.5. The molecule has 0 aliphatic heterocycles. The molecular formula is C12H14ClN5O. The van der Waals surface area contributed by atoms with Crippen molar-refractivity contribution in [3.05, 3.63) is 35.6 Å². The highest BCUT2D eigenvalue weighted by atomic mass is 35.5. The molecule has 0 aliphatic rings. The van der Waals surface area contributed by atoms with Crippen LogP contribution in [0.2, 0.25) is 5.28 Å². The van der Waals surface area contributed by atoms with Crippen LogP contribution in [0.5, 0.6) is 0 Å². The summed E-state index contributed by atoms with van der Waals surface area (Å²) in [6, 6.07) is 9.70. The minimum Gasteiger partial charge on any atom is -0.383 e. The third-order valence-electron chi connectivity index (χ3n) is 2.44. The van der Waals surface area contributed by atoms with Gasteiger partial charge in [0.05, 0.1) is 6.61 Å². The largest absolute Gasteiger partial charge is 0.383 e. The van der Waals surface area contributed by atoms with Crippen molar-refractivity contribution in [3.63, 3.8) is 0 Å². The molecule has 100 valence electrons. The lowest BCUT2D eigenvalue weighted by Crippen LogP contribution is -2.24. The second kappa shape index (κ2) is 6.31. The number of aromatic nitrogens is 3. The average molecular weight is 280 g/mol. The van der Waals surface area contributed by atoms with E-state index in [2.05, 4.69) is 15.0 Å². The fourth-order valence-corrected chi connectivity index (χ4v) is 1.77. The van der Waals surface area contributed by atoms with Gasteiger partial charge in [-0.2, -0.15) is 15.0 Å². The Kier molecular flexibility index (Phi) is 4.48. The molecule has 1 aromatic carbocycles. The first-order valence-electron chi connectivity index (χ1n) is 5.69. The molecule has 0 spiro atoms. The van der Waals surface area contributed by atoms with Crippen molar-refractivity contribution in [1.82, 2.24) is 15.0 Å². The lowest BCUT2D eigenvalue weighted by molar-refractivity contribution is 0.207. The van der Waals surface area contributed by atoms with Crippen LogP contribution in [-0.4, -0.2) is 35.2 Å². The fourth-order valence-electron chi connectivity index (χ4n) is 1.61. The molecule has 0 amide bonds. The molecule has 1 heterocycles. The van der Waals surface area contributed by atoms with Crippen LogP contribution in [0.25, 0.3) is 0 Å². The van der Waals surface area contributed by atoms with Crippen LogP contribution in [0.1, 0.15) is 0 Å². The standard InChI is InChI=1S/C12H14ClN5O/c1-19-8-7-18(9-5-3-2-4-6-9)12-16-10(13)15-11(14)17-12/h2-6H,7-8H2,1H3,(H2,14,15,16,17). The number of nitrogens with zero attached hydrogens (tertiary/aromatic N) is 4. The molecule has 0 aliphatic carbocycles. The molecule has 0 saturated heterocycles. The number of anilines is 3. The van der Waals surface area contributed by atoms with Gasteiger partial charge in [0.2, 0.25) is 17.2 Å². The van der Waals surface area contributed by atoms with E-state index in [0.29, 0.717) is 19.1 Å². The summed E-state index contributed by atoms with van der Waals surface area (Å²) in [6.07, 6.45) is 0. The summed E-state index contributed by atoms with van der Waals surface area (Å²) in [5.41, 5.74) is 6.53. The second-order valence-electron chi connectivity index (χ2n) is 3.74. The van der Waals surface area contributed by atoms with E-state index in [9.17, 15) is 0 Å². The smallest absolute Gasteiger partial charge is 0.236 e. The summed E-state index contributed by atoms with van der Waals surface area (Å²) in [7, 11) is 1.64. The molecule has 7 heteroatoms. The van der Waals surface area contributed by atoms with Crippen molar-refractivity contribution < 1.29 is 4.74 Å². The van der Waals surface area contributed by atoms with Gasteiger partial charge in [0.15, 0.2) is 0 Å². The Morgan fingerprint density at radius 2 is 1.95 bits per heavy atom. The summed E-state index contributed by atoms with van der Waals surface area (Å²) in [6.45, 7) is 1.11. The van der Waals surface area contributed by atoms with Gasteiger partial charge in [-0.3, -0.25) is 0 Å². The van der Waals surface area contributed by atoms with E-state index >= 15 is 0 Å². The van der Waals surface area contributed by atoms with Gasteiger partial charge in [0.25, 0.3) is 0 Å². The maximum absolute atomic E-state index is 5.82. The molecule has 0 bridgehead atoms. The molecular weight excluding hydrogens is 266 g/mol. The molecule has 6 nitrogen and oxygen atoms in total. The molecule has 1 aromatic heterocycles. The SMILES string of the molecule is COCCN(c1ccccc1)c1nc(N)nc(Cl)n1. The molecule has 19 heavy (non-hydrogen) atoms. The highest BCUT2D eigenvalue weighted by Crippen LogP contribution is 2.22. The van der Waals surface area contributed by atoms with Gasteiger partial charge < -0.3 is 15.4 Å². The monoisotopic (exact) mass is 279 g/mol. The number of benzene rings is 1. The molecule has 2 aromatic rings. The topological polar surface area (TPSA) is 77.2 Å². The number of para-hydroxylation sites is 1. The highest BCUT2D eigenvalue weighted by Gasteiger charge is 2.13. The van der Waals surface area contributed by atoms with Crippen LogP contribution in [-0.2, 0) is 4.74 Å². The van der Waals surface area contributed by atoms with Crippen molar-refractivity contribution in [2.24, 2.45) is 0 Å². The van der Waals surface area contributed by atoms with E-state index in [-0.39, 0.29) is 11.2 Å². The number of nitrogens with two attached hydrogens (primary N) is 1. The molecule has 0 saturated carbocycles. The average Bonchev–Trinajstić information content (AvgIpc) is 2.39. The third-order valence-corrected chi connectivity index (χ3v) is 2.61. The molecule has 0 radical (unpaired) electrons. The minimum atomic E-state index is 0.0702. The first-order valence-corrected chi connectivity index (χ1v) is 6.07. The van der Waals surface area contributed by atoms with Crippen LogP contribution in [0, 0.1) is 0 Å². The summed E-state index contributed by atoms with van der Waals surface area (Å²) in [4.78, 5) is 13.8. The zero-order valence-corrected chi connectivity index (χ0v) is 11.2. The number of nitrogen functional groups attached to an aromatic ring is 1. The Bertz CT molecular complexity index is 517. The van der Waals surface area contributed by atoms with Crippen LogP contribution in [0.3, 0.4) is 0 Å². The van der Waals surface area contributed by atoms with E-state index in [1.807, 2.05) is 35.2 Å². The van der Waals surface area contributed by atoms with Crippen LogP contribution in [0.15, 0.2) is 30.3 Å². The number of ether oxygens (including phenoxy) is 1. The molecule has 0 atom stereocenters. The lowest BCUT2D eigenvalue weighted by Gasteiger charge is -2.22. The van der Waals surface area contributed by atoms with E-state index in [0.717, 1.165) is 5.69 Å². The van der Waals surface area contributed by atoms with Crippen LogP contribution < -0.4 is 10.6 Å². The van der Waals surface area contributed by atoms with Crippen molar-refractivity contribution in [1.29, 1.82) is 0 Å². The van der Waals surface area contributed by atoms with Gasteiger partial charge in [-0.25, -0.2) is 0 Å². The Hall–Kier alpha value is -1.92. The minimum absolute atomic E-state index is 0.0702. The summed E-state index contributed by atoms with van der Waals surface area (Å²) in [5.74, 6) is 0.495. The van der Waals surface area contributed by atoms with E-state index in [4.69, 9.17) is 22.1 Å². The van der Waals surface area contributed by atoms with Gasteiger partial charge in [0, 0.05) is 19.3 Å².